The summed E-state index contributed by atoms with van der Waals surface area (Å²) in [6.45, 7) is 4.78. The molecular formula is C12H22N2O3. The smallest absolute Gasteiger partial charge is 0.308 e. The Bertz CT molecular complexity index is 273. The Hall–Kier alpha value is -1.10. The fourth-order valence-corrected chi connectivity index (χ4v) is 2.02. The molecule has 1 aliphatic heterocycles. The quantitative estimate of drug-likeness (QED) is 0.659. The first-order chi connectivity index (χ1) is 8.02. The molecule has 0 aromatic carbocycles. The number of rotatable bonds is 5. The summed E-state index contributed by atoms with van der Waals surface area (Å²) in [6, 6.07) is -0.148. The van der Waals surface area contributed by atoms with Gasteiger partial charge in [-0.2, -0.15) is 0 Å². The zero-order valence-electron chi connectivity index (χ0n) is 10.5. The Morgan fingerprint density at radius 3 is 2.59 bits per heavy atom. The molecule has 2 atom stereocenters. The van der Waals surface area contributed by atoms with E-state index in [1.807, 2.05) is 13.8 Å². The van der Waals surface area contributed by atoms with Crippen molar-refractivity contribution in [2.45, 2.75) is 39.2 Å². The van der Waals surface area contributed by atoms with Crippen LogP contribution in [0.5, 0.6) is 0 Å². The van der Waals surface area contributed by atoms with Crippen LogP contribution in [0.4, 0.5) is 0 Å². The molecule has 1 amide bonds. The van der Waals surface area contributed by atoms with E-state index in [2.05, 4.69) is 10.6 Å². The van der Waals surface area contributed by atoms with Gasteiger partial charge in [0.25, 0.3) is 0 Å². The second-order valence-corrected chi connectivity index (χ2v) is 4.94. The number of aliphatic carboxylic acids is 1. The monoisotopic (exact) mass is 242 g/mol. The van der Waals surface area contributed by atoms with Crippen molar-refractivity contribution in [3.63, 3.8) is 0 Å². The summed E-state index contributed by atoms with van der Waals surface area (Å²) in [6.07, 6.45) is 3.00. The summed E-state index contributed by atoms with van der Waals surface area (Å²) < 4.78 is 0. The number of nitrogens with one attached hydrogen (secondary N) is 2. The van der Waals surface area contributed by atoms with Crippen molar-refractivity contribution < 1.29 is 14.7 Å². The average Bonchev–Trinajstić information content (AvgIpc) is 2.29. The molecule has 1 aliphatic rings. The van der Waals surface area contributed by atoms with Gasteiger partial charge in [0.15, 0.2) is 0 Å². The number of carboxylic acids is 1. The highest BCUT2D eigenvalue weighted by Gasteiger charge is 2.25. The van der Waals surface area contributed by atoms with E-state index in [0.29, 0.717) is 0 Å². The van der Waals surface area contributed by atoms with Gasteiger partial charge in [0.05, 0.1) is 12.0 Å². The molecular weight excluding hydrogens is 220 g/mol. The molecule has 0 aromatic rings. The highest BCUT2D eigenvalue weighted by atomic mass is 16.4. The van der Waals surface area contributed by atoms with Crippen LogP contribution in [0.2, 0.25) is 0 Å². The highest BCUT2D eigenvalue weighted by Crippen LogP contribution is 2.11. The van der Waals surface area contributed by atoms with Crippen molar-refractivity contribution in [1.29, 1.82) is 0 Å². The first kappa shape index (κ1) is 14.0. The number of piperidine rings is 1. The maximum Gasteiger partial charge on any atom is 0.308 e. The minimum Gasteiger partial charge on any atom is -0.481 e. The standard InChI is InChI=1S/C12H22N2O3/c1-8(2)9(12(16)17)7-14-11(15)10-5-3-4-6-13-10/h8-10,13H,3-7H2,1-2H3,(H,14,15)(H,16,17). The normalized spacial score (nSPS) is 22.2. The summed E-state index contributed by atoms with van der Waals surface area (Å²) in [5, 5.41) is 14.9. The van der Waals surface area contributed by atoms with Crippen LogP contribution in [0.15, 0.2) is 0 Å². The summed E-state index contributed by atoms with van der Waals surface area (Å²) in [5.74, 6) is -1.41. The maximum absolute atomic E-state index is 11.8. The lowest BCUT2D eigenvalue weighted by molar-refractivity contribution is -0.143. The van der Waals surface area contributed by atoms with Crippen molar-refractivity contribution in [3.8, 4) is 0 Å². The fraction of sp³-hybridized carbons (Fsp3) is 0.833. The van der Waals surface area contributed by atoms with E-state index in [9.17, 15) is 9.59 Å². The first-order valence-corrected chi connectivity index (χ1v) is 6.26. The molecule has 5 heteroatoms. The molecule has 5 nitrogen and oxygen atoms in total. The van der Waals surface area contributed by atoms with Crippen LogP contribution in [-0.4, -0.2) is 36.1 Å². The molecule has 0 radical (unpaired) electrons. The second kappa shape index (κ2) is 6.59. The minimum absolute atomic E-state index is 0.0205. The molecule has 17 heavy (non-hydrogen) atoms. The molecule has 0 saturated carbocycles. The topological polar surface area (TPSA) is 78.4 Å². The zero-order chi connectivity index (χ0) is 12.8. The van der Waals surface area contributed by atoms with Crippen molar-refractivity contribution in [1.82, 2.24) is 10.6 Å². The van der Waals surface area contributed by atoms with Gasteiger partial charge >= 0.3 is 5.97 Å². The minimum atomic E-state index is -0.850. The number of carbonyl (C=O) groups is 2. The number of carbonyl (C=O) groups excluding carboxylic acids is 1. The number of amides is 1. The second-order valence-electron chi connectivity index (χ2n) is 4.94. The molecule has 2 unspecified atom stereocenters. The van der Waals surface area contributed by atoms with Crippen LogP contribution in [-0.2, 0) is 9.59 Å². The molecule has 1 fully saturated rings. The third-order valence-corrected chi connectivity index (χ3v) is 3.24. The van der Waals surface area contributed by atoms with Gasteiger partial charge in [-0.3, -0.25) is 9.59 Å². The number of carboxylic acid groups (broad SMARTS) is 1. The third kappa shape index (κ3) is 4.34. The molecule has 3 N–H and O–H groups in total. The van der Waals surface area contributed by atoms with Crippen LogP contribution in [0.3, 0.4) is 0 Å². The first-order valence-electron chi connectivity index (χ1n) is 6.26. The molecule has 1 saturated heterocycles. The van der Waals surface area contributed by atoms with Crippen molar-refractivity contribution in [3.05, 3.63) is 0 Å². The molecule has 0 aromatic heterocycles. The Labute approximate surface area is 102 Å². The molecule has 0 spiro atoms. The number of hydrogen-bond acceptors (Lipinski definition) is 3. The van der Waals surface area contributed by atoms with Crippen LogP contribution < -0.4 is 10.6 Å². The van der Waals surface area contributed by atoms with E-state index in [1.54, 1.807) is 0 Å². The van der Waals surface area contributed by atoms with E-state index in [1.165, 1.54) is 0 Å². The molecule has 1 rings (SSSR count). The van der Waals surface area contributed by atoms with Gasteiger partial charge in [0.2, 0.25) is 5.91 Å². The molecule has 0 aliphatic carbocycles. The van der Waals surface area contributed by atoms with Gasteiger partial charge < -0.3 is 15.7 Å². The van der Waals surface area contributed by atoms with E-state index in [4.69, 9.17) is 5.11 Å². The SMILES string of the molecule is CC(C)C(CNC(=O)C1CCCCN1)C(=O)O. The summed E-state index contributed by atoms with van der Waals surface area (Å²) >= 11 is 0. The van der Waals surface area contributed by atoms with Crippen LogP contribution in [0.25, 0.3) is 0 Å². The molecule has 1 heterocycles. The van der Waals surface area contributed by atoms with Crippen LogP contribution in [0, 0.1) is 11.8 Å². The van der Waals surface area contributed by atoms with Crippen LogP contribution in [0.1, 0.15) is 33.1 Å². The lowest BCUT2D eigenvalue weighted by Gasteiger charge is -2.24. The fourth-order valence-electron chi connectivity index (χ4n) is 2.02. The summed E-state index contributed by atoms with van der Waals surface area (Å²) in [5.41, 5.74) is 0. The largest absolute Gasteiger partial charge is 0.481 e. The molecule has 0 bridgehead atoms. The van der Waals surface area contributed by atoms with E-state index in [0.717, 1.165) is 25.8 Å². The predicted molar refractivity (Wildman–Crippen MR) is 64.6 cm³/mol. The van der Waals surface area contributed by atoms with E-state index in [-0.39, 0.29) is 24.4 Å². The lowest BCUT2D eigenvalue weighted by Crippen LogP contribution is -2.48. The average molecular weight is 242 g/mol. The van der Waals surface area contributed by atoms with Crippen molar-refractivity contribution in [2.75, 3.05) is 13.1 Å². The van der Waals surface area contributed by atoms with Gasteiger partial charge in [0.1, 0.15) is 0 Å². The third-order valence-electron chi connectivity index (χ3n) is 3.24. The van der Waals surface area contributed by atoms with Crippen molar-refractivity contribution in [2.24, 2.45) is 11.8 Å². The Balaban J connectivity index is 2.37. The Morgan fingerprint density at radius 1 is 1.41 bits per heavy atom. The Kier molecular flexibility index (Phi) is 5.41. The molecule has 98 valence electrons. The predicted octanol–water partition coefficient (Wildman–Crippen LogP) is 0.602. The van der Waals surface area contributed by atoms with Gasteiger partial charge in [-0.25, -0.2) is 0 Å². The Morgan fingerprint density at radius 2 is 2.12 bits per heavy atom. The van der Waals surface area contributed by atoms with Gasteiger partial charge in [-0.15, -0.1) is 0 Å². The zero-order valence-corrected chi connectivity index (χ0v) is 10.5. The number of hydrogen-bond donors (Lipinski definition) is 3. The van der Waals surface area contributed by atoms with Gasteiger partial charge in [-0.1, -0.05) is 20.3 Å². The lowest BCUT2D eigenvalue weighted by atomic mass is 9.95. The van der Waals surface area contributed by atoms with Gasteiger partial charge in [0, 0.05) is 6.54 Å². The van der Waals surface area contributed by atoms with Gasteiger partial charge in [-0.05, 0) is 25.3 Å². The maximum atomic E-state index is 11.8. The van der Waals surface area contributed by atoms with Crippen molar-refractivity contribution >= 4 is 11.9 Å². The summed E-state index contributed by atoms with van der Waals surface area (Å²) in [4.78, 5) is 22.7. The van der Waals surface area contributed by atoms with Crippen LogP contribution >= 0.6 is 0 Å². The summed E-state index contributed by atoms with van der Waals surface area (Å²) in [7, 11) is 0. The van der Waals surface area contributed by atoms with E-state index < -0.39 is 11.9 Å². The highest BCUT2D eigenvalue weighted by molar-refractivity contribution is 5.82. The van der Waals surface area contributed by atoms with E-state index >= 15 is 0 Å².